The van der Waals surface area contributed by atoms with Gasteiger partial charge < -0.3 is 0 Å². The number of piperazine rings is 1. The fourth-order valence-electron chi connectivity index (χ4n) is 4.32. The smallest absolute Gasteiger partial charge is 0.243 e. The second-order valence-electron chi connectivity index (χ2n) is 8.20. The summed E-state index contributed by atoms with van der Waals surface area (Å²) in [5, 5.41) is 11.0. The van der Waals surface area contributed by atoms with Gasteiger partial charge in [-0.1, -0.05) is 30.3 Å². The fourth-order valence-corrected chi connectivity index (χ4v) is 5.78. The van der Waals surface area contributed by atoms with E-state index in [0.29, 0.717) is 18.8 Å². The second-order valence-corrected chi connectivity index (χ2v) is 10.1. The van der Waals surface area contributed by atoms with E-state index in [1.54, 1.807) is 42.5 Å². The number of aromatic nitrogens is 4. The molecule has 1 aliphatic rings. The van der Waals surface area contributed by atoms with Crippen LogP contribution in [-0.4, -0.2) is 64.0 Å². The summed E-state index contributed by atoms with van der Waals surface area (Å²) in [6.07, 6.45) is 1.40. The van der Waals surface area contributed by atoms with Gasteiger partial charge in [0.1, 0.15) is 18.0 Å². The SMILES string of the molecule is O=S(=O)(c1cccc(-n2cnnn2)c1)N1CCN(C(c2ccc(F)cc2)c2ccc(F)cc2)CC1. The van der Waals surface area contributed by atoms with Gasteiger partial charge in [-0.05, 0) is 64.0 Å². The number of nitrogens with zero attached hydrogens (tertiary/aromatic N) is 6. The normalized spacial score (nSPS) is 15.5. The van der Waals surface area contributed by atoms with Gasteiger partial charge in [-0.3, -0.25) is 4.90 Å². The lowest BCUT2D eigenvalue weighted by molar-refractivity contribution is 0.155. The molecule has 1 fully saturated rings. The number of sulfonamides is 1. The maximum Gasteiger partial charge on any atom is 0.243 e. The van der Waals surface area contributed by atoms with Gasteiger partial charge in [0.15, 0.2) is 0 Å². The van der Waals surface area contributed by atoms with Gasteiger partial charge in [0, 0.05) is 26.2 Å². The molecule has 0 amide bonds. The highest BCUT2D eigenvalue weighted by atomic mass is 32.2. The Balaban J connectivity index is 1.37. The molecule has 11 heteroatoms. The Morgan fingerprint density at radius 2 is 1.40 bits per heavy atom. The Morgan fingerprint density at radius 3 is 1.94 bits per heavy atom. The Morgan fingerprint density at radius 1 is 0.800 bits per heavy atom. The van der Waals surface area contributed by atoms with E-state index in [1.807, 2.05) is 0 Å². The predicted octanol–water partition coefficient (Wildman–Crippen LogP) is 3.04. The van der Waals surface area contributed by atoms with Gasteiger partial charge in [-0.15, -0.1) is 5.10 Å². The van der Waals surface area contributed by atoms with Crippen molar-refractivity contribution in [3.8, 4) is 5.69 Å². The minimum absolute atomic E-state index is 0.160. The summed E-state index contributed by atoms with van der Waals surface area (Å²) >= 11 is 0. The van der Waals surface area contributed by atoms with Crippen molar-refractivity contribution in [3.05, 3.63) is 102 Å². The van der Waals surface area contributed by atoms with Crippen LogP contribution in [0.15, 0.2) is 84.0 Å². The van der Waals surface area contributed by atoms with Gasteiger partial charge in [-0.25, -0.2) is 21.9 Å². The molecule has 8 nitrogen and oxygen atoms in total. The molecule has 180 valence electrons. The average molecular weight is 497 g/mol. The van der Waals surface area contributed by atoms with E-state index in [9.17, 15) is 17.2 Å². The van der Waals surface area contributed by atoms with Crippen LogP contribution in [-0.2, 0) is 10.0 Å². The Labute approximate surface area is 201 Å². The first-order valence-corrected chi connectivity index (χ1v) is 12.4. The number of hydrogen-bond donors (Lipinski definition) is 0. The van der Waals surface area contributed by atoms with Crippen molar-refractivity contribution in [2.45, 2.75) is 10.9 Å². The van der Waals surface area contributed by atoms with E-state index in [0.717, 1.165) is 11.1 Å². The zero-order chi connectivity index (χ0) is 24.4. The Hall–Kier alpha value is -3.54. The quantitative estimate of drug-likeness (QED) is 0.408. The predicted molar refractivity (Wildman–Crippen MR) is 124 cm³/mol. The van der Waals surface area contributed by atoms with Crippen molar-refractivity contribution in [1.29, 1.82) is 0 Å². The Kier molecular flexibility index (Phi) is 6.37. The van der Waals surface area contributed by atoms with Crippen molar-refractivity contribution in [1.82, 2.24) is 29.4 Å². The highest BCUT2D eigenvalue weighted by Crippen LogP contribution is 2.31. The monoisotopic (exact) mass is 496 g/mol. The second kappa shape index (κ2) is 9.61. The molecular weight excluding hydrogens is 474 g/mol. The number of rotatable bonds is 6. The number of tetrazole rings is 1. The number of halogens is 2. The molecule has 0 unspecified atom stereocenters. The average Bonchev–Trinajstić information content (AvgIpc) is 3.42. The van der Waals surface area contributed by atoms with Crippen LogP contribution in [0, 0.1) is 11.6 Å². The summed E-state index contributed by atoms with van der Waals surface area (Å²) in [6, 6.07) is 18.6. The molecule has 35 heavy (non-hydrogen) atoms. The summed E-state index contributed by atoms with van der Waals surface area (Å²) in [7, 11) is -3.74. The molecule has 0 aliphatic carbocycles. The van der Waals surface area contributed by atoms with Gasteiger partial charge in [0.05, 0.1) is 16.6 Å². The molecule has 5 rings (SSSR count). The highest BCUT2D eigenvalue weighted by Gasteiger charge is 2.32. The number of hydrogen-bond acceptors (Lipinski definition) is 6. The van der Waals surface area contributed by atoms with E-state index < -0.39 is 10.0 Å². The Bertz CT molecular complexity index is 1340. The maximum absolute atomic E-state index is 13.6. The van der Waals surface area contributed by atoms with Crippen molar-refractivity contribution >= 4 is 10.0 Å². The van der Waals surface area contributed by atoms with Gasteiger partial charge in [0.2, 0.25) is 10.0 Å². The van der Waals surface area contributed by atoms with Crippen LogP contribution in [0.4, 0.5) is 8.78 Å². The number of benzene rings is 3. The minimum atomic E-state index is -3.74. The molecular formula is C24H22F2N6O2S. The molecule has 0 saturated carbocycles. The molecule has 1 saturated heterocycles. The first-order valence-electron chi connectivity index (χ1n) is 11.0. The zero-order valence-corrected chi connectivity index (χ0v) is 19.4. The molecule has 1 aromatic heterocycles. The van der Waals surface area contributed by atoms with Gasteiger partial charge in [-0.2, -0.15) is 4.31 Å². The largest absolute Gasteiger partial charge is 0.290 e. The highest BCUT2D eigenvalue weighted by molar-refractivity contribution is 7.89. The van der Waals surface area contributed by atoms with Crippen LogP contribution in [0.2, 0.25) is 0 Å². The maximum atomic E-state index is 13.6. The molecule has 1 aliphatic heterocycles. The molecule has 0 radical (unpaired) electrons. The van der Waals surface area contributed by atoms with Crippen LogP contribution in [0.1, 0.15) is 17.2 Å². The van der Waals surface area contributed by atoms with E-state index in [-0.39, 0.29) is 35.7 Å². The lowest BCUT2D eigenvalue weighted by Gasteiger charge is -2.39. The van der Waals surface area contributed by atoms with E-state index in [1.165, 1.54) is 45.6 Å². The molecule has 4 aromatic rings. The third-order valence-corrected chi connectivity index (χ3v) is 7.97. The summed E-state index contributed by atoms with van der Waals surface area (Å²) in [4.78, 5) is 2.29. The standard InChI is InChI=1S/C24H22F2N6O2S/c25-20-8-4-18(5-9-20)24(19-6-10-21(26)11-7-19)30-12-14-31(15-13-30)35(33,34)23-3-1-2-22(16-23)32-17-27-28-29-32/h1-11,16-17,24H,12-15H2. The van der Waals surface area contributed by atoms with E-state index in [4.69, 9.17) is 0 Å². The van der Waals surface area contributed by atoms with Crippen LogP contribution < -0.4 is 0 Å². The third kappa shape index (κ3) is 4.83. The molecule has 0 spiro atoms. The van der Waals surface area contributed by atoms with Gasteiger partial charge in [0.25, 0.3) is 0 Å². The summed E-state index contributed by atoms with van der Waals surface area (Å²) in [5.41, 5.74) is 2.24. The van der Waals surface area contributed by atoms with E-state index in [2.05, 4.69) is 20.4 Å². The van der Waals surface area contributed by atoms with Crippen LogP contribution in [0.5, 0.6) is 0 Å². The van der Waals surface area contributed by atoms with Gasteiger partial charge >= 0.3 is 0 Å². The molecule has 2 heterocycles. The van der Waals surface area contributed by atoms with Crippen molar-refractivity contribution in [2.75, 3.05) is 26.2 Å². The lowest BCUT2D eigenvalue weighted by Crippen LogP contribution is -2.49. The van der Waals surface area contributed by atoms with Crippen molar-refractivity contribution < 1.29 is 17.2 Å². The summed E-state index contributed by atoms with van der Waals surface area (Å²) in [6.45, 7) is 1.45. The molecule has 0 N–H and O–H groups in total. The molecule has 0 bridgehead atoms. The summed E-state index contributed by atoms with van der Waals surface area (Å²) in [5.74, 6) is -0.683. The fraction of sp³-hybridized carbons (Fsp3) is 0.208. The summed E-state index contributed by atoms with van der Waals surface area (Å²) < 4.78 is 56.7. The third-order valence-electron chi connectivity index (χ3n) is 6.08. The van der Waals surface area contributed by atoms with E-state index >= 15 is 0 Å². The zero-order valence-electron chi connectivity index (χ0n) is 18.6. The first kappa shape index (κ1) is 23.2. The van der Waals surface area contributed by atoms with Crippen LogP contribution in [0.3, 0.4) is 0 Å². The van der Waals surface area contributed by atoms with Crippen molar-refractivity contribution in [3.63, 3.8) is 0 Å². The van der Waals surface area contributed by atoms with Crippen LogP contribution in [0.25, 0.3) is 5.69 Å². The molecule has 0 atom stereocenters. The topological polar surface area (TPSA) is 84.2 Å². The van der Waals surface area contributed by atoms with Crippen molar-refractivity contribution in [2.24, 2.45) is 0 Å². The first-order chi connectivity index (χ1) is 16.9. The minimum Gasteiger partial charge on any atom is -0.290 e. The van der Waals surface area contributed by atoms with Crippen LogP contribution >= 0.6 is 0 Å². The molecule has 3 aromatic carbocycles. The lowest BCUT2D eigenvalue weighted by atomic mass is 9.96.